The Morgan fingerprint density at radius 2 is 1.89 bits per heavy atom. The standard InChI is InChI=1S/C18H13BrF2N2O4/c1-18(11-5-10(20)2-3-13(11)21)16(24)23(17(25)22-18)7-9-4-14-15(6-12(9)19)27-8-26-14/h2-6H,7-8H2,1H3,(H,22,25)/t18-/m1/s1. The number of fused-ring (bicyclic) bond motifs is 1. The molecule has 27 heavy (non-hydrogen) atoms. The Labute approximate surface area is 161 Å². The minimum atomic E-state index is -1.70. The average Bonchev–Trinajstić information content (AvgIpc) is 3.15. The Morgan fingerprint density at radius 3 is 2.63 bits per heavy atom. The van der Waals surface area contributed by atoms with Crippen LogP contribution in [0.15, 0.2) is 34.8 Å². The summed E-state index contributed by atoms with van der Waals surface area (Å²) in [6, 6.07) is 5.42. The molecular formula is C18H13BrF2N2O4. The Hall–Kier alpha value is -2.68. The molecule has 0 saturated carbocycles. The monoisotopic (exact) mass is 438 g/mol. The van der Waals surface area contributed by atoms with Crippen molar-refractivity contribution < 1.29 is 27.8 Å². The zero-order valence-electron chi connectivity index (χ0n) is 14.0. The summed E-state index contributed by atoms with van der Waals surface area (Å²) in [6.45, 7) is 1.36. The molecule has 1 fully saturated rings. The zero-order chi connectivity index (χ0) is 19.3. The predicted octanol–water partition coefficient (Wildman–Crippen LogP) is 3.42. The number of nitrogens with one attached hydrogen (secondary N) is 1. The number of amides is 3. The molecule has 1 atom stereocenters. The maximum atomic E-state index is 14.2. The summed E-state index contributed by atoms with van der Waals surface area (Å²) in [7, 11) is 0. The van der Waals surface area contributed by atoms with Crippen LogP contribution >= 0.6 is 15.9 Å². The van der Waals surface area contributed by atoms with Crippen molar-refractivity contribution in [2.24, 2.45) is 0 Å². The van der Waals surface area contributed by atoms with Crippen molar-refractivity contribution >= 4 is 27.9 Å². The lowest BCUT2D eigenvalue weighted by Crippen LogP contribution is -2.41. The van der Waals surface area contributed by atoms with Crippen molar-refractivity contribution in [2.45, 2.75) is 19.0 Å². The van der Waals surface area contributed by atoms with E-state index in [1.807, 2.05) is 0 Å². The third kappa shape index (κ3) is 2.82. The van der Waals surface area contributed by atoms with Gasteiger partial charge in [0.25, 0.3) is 5.91 Å². The number of carbonyl (C=O) groups excluding carboxylic acids is 2. The molecule has 4 rings (SSSR count). The number of rotatable bonds is 3. The van der Waals surface area contributed by atoms with Gasteiger partial charge in [-0.15, -0.1) is 0 Å². The SMILES string of the molecule is C[C@]1(c2cc(F)ccc2F)NC(=O)N(Cc2cc3c(cc2Br)OCO3)C1=O. The first-order chi connectivity index (χ1) is 12.8. The Kier molecular flexibility index (Phi) is 4.06. The van der Waals surface area contributed by atoms with Gasteiger partial charge in [0, 0.05) is 10.0 Å². The zero-order valence-corrected chi connectivity index (χ0v) is 15.6. The number of hydrogen-bond donors (Lipinski definition) is 1. The third-order valence-electron chi connectivity index (χ3n) is 4.61. The summed E-state index contributed by atoms with van der Waals surface area (Å²) in [4.78, 5) is 26.3. The first-order valence-corrected chi connectivity index (χ1v) is 8.76. The van der Waals surface area contributed by atoms with Gasteiger partial charge in [-0.3, -0.25) is 9.69 Å². The summed E-state index contributed by atoms with van der Waals surface area (Å²) in [5.74, 6) is -1.11. The molecular weight excluding hydrogens is 426 g/mol. The topological polar surface area (TPSA) is 67.9 Å². The van der Waals surface area contributed by atoms with Crippen molar-refractivity contribution in [1.82, 2.24) is 10.2 Å². The first-order valence-electron chi connectivity index (χ1n) is 7.97. The highest BCUT2D eigenvalue weighted by atomic mass is 79.9. The van der Waals surface area contributed by atoms with E-state index in [4.69, 9.17) is 9.47 Å². The van der Waals surface area contributed by atoms with E-state index in [2.05, 4.69) is 21.2 Å². The molecule has 0 spiro atoms. The van der Waals surface area contributed by atoms with E-state index in [-0.39, 0.29) is 18.9 Å². The molecule has 0 bridgehead atoms. The fourth-order valence-corrected chi connectivity index (χ4v) is 3.60. The molecule has 9 heteroatoms. The van der Waals surface area contributed by atoms with E-state index >= 15 is 0 Å². The van der Waals surface area contributed by atoms with Crippen LogP contribution in [0.3, 0.4) is 0 Å². The van der Waals surface area contributed by atoms with Crippen LogP contribution in [0.4, 0.5) is 13.6 Å². The van der Waals surface area contributed by atoms with Gasteiger partial charge in [0.15, 0.2) is 11.5 Å². The minimum absolute atomic E-state index is 0.0750. The fraction of sp³-hybridized carbons (Fsp3) is 0.222. The maximum absolute atomic E-state index is 14.2. The van der Waals surface area contributed by atoms with Gasteiger partial charge in [0.2, 0.25) is 6.79 Å². The molecule has 0 aromatic heterocycles. The predicted molar refractivity (Wildman–Crippen MR) is 93.1 cm³/mol. The molecule has 2 aliphatic rings. The maximum Gasteiger partial charge on any atom is 0.325 e. The second-order valence-corrected chi connectivity index (χ2v) is 7.22. The molecule has 1 N–H and O–H groups in total. The minimum Gasteiger partial charge on any atom is -0.454 e. The molecule has 0 aliphatic carbocycles. The molecule has 2 aliphatic heterocycles. The van der Waals surface area contributed by atoms with Crippen molar-refractivity contribution in [3.8, 4) is 11.5 Å². The van der Waals surface area contributed by atoms with Crippen LogP contribution in [-0.4, -0.2) is 23.6 Å². The number of benzene rings is 2. The van der Waals surface area contributed by atoms with E-state index in [9.17, 15) is 18.4 Å². The van der Waals surface area contributed by atoms with E-state index < -0.39 is 29.1 Å². The number of carbonyl (C=O) groups is 2. The van der Waals surface area contributed by atoms with Crippen molar-refractivity contribution in [1.29, 1.82) is 0 Å². The van der Waals surface area contributed by atoms with Gasteiger partial charge in [-0.1, -0.05) is 15.9 Å². The molecule has 0 radical (unpaired) electrons. The summed E-state index contributed by atoms with van der Waals surface area (Å²) >= 11 is 3.38. The number of halogens is 3. The lowest BCUT2D eigenvalue weighted by Gasteiger charge is -2.23. The Morgan fingerprint density at radius 1 is 1.19 bits per heavy atom. The number of imide groups is 1. The van der Waals surface area contributed by atoms with Crippen LogP contribution in [0.1, 0.15) is 18.1 Å². The molecule has 6 nitrogen and oxygen atoms in total. The van der Waals surface area contributed by atoms with E-state index in [0.717, 1.165) is 23.1 Å². The summed E-state index contributed by atoms with van der Waals surface area (Å²) in [5.41, 5.74) is -1.33. The van der Waals surface area contributed by atoms with Gasteiger partial charge in [0.1, 0.15) is 17.2 Å². The van der Waals surface area contributed by atoms with Crippen LogP contribution in [0.25, 0.3) is 0 Å². The van der Waals surface area contributed by atoms with Crippen molar-refractivity contribution in [3.05, 3.63) is 57.6 Å². The molecule has 2 aromatic rings. The first kappa shape index (κ1) is 17.7. The molecule has 0 unspecified atom stereocenters. The molecule has 1 saturated heterocycles. The van der Waals surface area contributed by atoms with Crippen molar-refractivity contribution in [3.63, 3.8) is 0 Å². The van der Waals surface area contributed by atoms with Crippen LogP contribution < -0.4 is 14.8 Å². The largest absolute Gasteiger partial charge is 0.454 e. The molecule has 3 amide bonds. The number of ether oxygens (including phenoxy) is 2. The van der Waals surface area contributed by atoms with E-state index in [1.165, 1.54) is 6.92 Å². The van der Waals surface area contributed by atoms with Gasteiger partial charge in [-0.25, -0.2) is 13.6 Å². The lowest BCUT2D eigenvalue weighted by molar-refractivity contribution is -0.131. The second kappa shape index (κ2) is 6.19. The highest BCUT2D eigenvalue weighted by molar-refractivity contribution is 9.10. The van der Waals surface area contributed by atoms with Gasteiger partial charge in [-0.05, 0) is 42.8 Å². The van der Waals surface area contributed by atoms with Gasteiger partial charge in [-0.2, -0.15) is 0 Å². The van der Waals surface area contributed by atoms with Crippen LogP contribution in [-0.2, 0) is 16.9 Å². The molecule has 140 valence electrons. The van der Waals surface area contributed by atoms with E-state index in [0.29, 0.717) is 21.5 Å². The molecule has 2 aromatic carbocycles. The van der Waals surface area contributed by atoms with Gasteiger partial charge < -0.3 is 14.8 Å². The third-order valence-corrected chi connectivity index (χ3v) is 5.35. The summed E-state index contributed by atoms with van der Waals surface area (Å²) in [6.07, 6.45) is 0. The lowest BCUT2D eigenvalue weighted by atomic mass is 9.91. The summed E-state index contributed by atoms with van der Waals surface area (Å²) < 4.78 is 39.0. The van der Waals surface area contributed by atoms with Crippen LogP contribution in [0, 0.1) is 11.6 Å². The number of urea groups is 1. The second-order valence-electron chi connectivity index (χ2n) is 6.37. The fourth-order valence-electron chi connectivity index (χ4n) is 3.15. The number of hydrogen-bond acceptors (Lipinski definition) is 4. The number of nitrogens with zero attached hydrogens (tertiary/aromatic N) is 1. The van der Waals surface area contributed by atoms with E-state index in [1.54, 1.807) is 12.1 Å². The Balaban J connectivity index is 1.67. The van der Waals surface area contributed by atoms with Crippen LogP contribution in [0.2, 0.25) is 0 Å². The summed E-state index contributed by atoms with van der Waals surface area (Å²) in [5, 5.41) is 2.47. The van der Waals surface area contributed by atoms with Crippen molar-refractivity contribution in [2.75, 3.05) is 6.79 Å². The normalized spacial score (nSPS) is 21.0. The smallest absolute Gasteiger partial charge is 0.325 e. The average molecular weight is 439 g/mol. The highest BCUT2D eigenvalue weighted by Crippen LogP contribution is 2.38. The van der Waals surface area contributed by atoms with Crippen LogP contribution in [0.5, 0.6) is 11.5 Å². The molecule has 2 heterocycles. The Bertz CT molecular complexity index is 984. The quantitative estimate of drug-likeness (QED) is 0.745. The van der Waals surface area contributed by atoms with Gasteiger partial charge >= 0.3 is 6.03 Å². The van der Waals surface area contributed by atoms with Gasteiger partial charge in [0.05, 0.1) is 6.54 Å². The highest BCUT2D eigenvalue weighted by Gasteiger charge is 2.50.